The summed E-state index contributed by atoms with van der Waals surface area (Å²) in [5, 5.41) is 3.08. The topological polar surface area (TPSA) is 66.5 Å². The Morgan fingerprint density at radius 1 is 0.882 bits per heavy atom. The van der Waals surface area contributed by atoms with E-state index in [1.165, 1.54) is 4.31 Å². The Labute approximate surface area is 203 Å². The summed E-state index contributed by atoms with van der Waals surface area (Å²) in [6, 6.07) is 21.9. The molecular weight excluding hydrogens is 444 g/mol. The first-order valence-corrected chi connectivity index (χ1v) is 13.0. The summed E-state index contributed by atoms with van der Waals surface area (Å²) in [6.45, 7) is 9.63. The summed E-state index contributed by atoms with van der Waals surface area (Å²) in [6.07, 6.45) is 0.754. The van der Waals surface area contributed by atoms with Crippen molar-refractivity contribution < 1.29 is 13.2 Å². The first kappa shape index (κ1) is 25.5. The molecule has 0 unspecified atom stereocenters. The predicted molar refractivity (Wildman–Crippen MR) is 138 cm³/mol. The van der Waals surface area contributed by atoms with E-state index in [0.29, 0.717) is 11.6 Å². The molecule has 0 aliphatic heterocycles. The molecule has 1 atom stereocenters. The van der Waals surface area contributed by atoms with Gasteiger partial charge in [-0.3, -0.25) is 9.10 Å². The molecule has 34 heavy (non-hydrogen) atoms. The van der Waals surface area contributed by atoms with Crippen LogP contribution in [0.3, 0.4) is 0 Å². The van der Waals surface area contributed by atoms with E-state index in [2.05, 4.69) is 19.2 Å². The number of nitrogens with one attached hydrogen (secondary N) is 1. The van der Waals surface area contributed by atoms with Gasteiger partial charge in [0, 0.05) is 0 Å². The SMILES string of the molecule is Cc1ccc(S(=O)(=O)N(CC(=O)N[C@H](CC(C)C)c2ccccc2)c2ccc(C)cc2C)cc1. The van der Waals surface area contributed by atoms with Crippen molar-refractivity contribution in [3.63, 3.8) is 0 Å². The lowest BCUT2D eigenvalue weighted by Crippen LogP contribution is -2.42. The van der Waals surface area contributed by atoms with Crippen LogP contribution in [0.25, 0.3) is 0 Å². The van der Waals surface area contributed by atoms with Gasteiger partial charge in [0.15, 0.2) is 0 Å². The number of sulfonamides is 1. The van der Waals surface area contributed by atoms with E-state index in [4.69, 9.17) is 0 Å². The van der Waals surface area contributed by atoms with Crippen LogP contribution in [-0.2, 0) is 14.8 Å². The van der Waals surface area contributed by atoms with E-state index < -0.39 is 10.0 Å². The molecule has 0 aromatic heterocycles. The number of amides is 1. The second kappa shape index (κ2) is 10.9. The van der Waals surface area contributed by atoms with Crippen LogP contribution in [0.5, 0.6) is 0 Å². The second-order valence-electron chi connectivity index (χ2n) is 9.28. The highest BCUT2D eigenvalue weighted by Gasteiger charge is 2.29. The van der Waals surface area contributed by atoms with Crippen molar-refractivity contribution in [1.82, 2.24) is 5.32 Å². The highest BCUT2D eigenvalue weighted by atomic mass is 32.2. The molecule has 5 nitrogen and oxygen atoms in total. The minimum atomic E-state index is -3.95. The number of rotatable bonds is 9. The van der Waals surface area contributed by atoms with E-state index in [1.807, 2.05) is 63.2 Å². The fourth-order valence-electron chi connectivity index (χ4n) is 4.03. The molecule has 0 bridgehead atoms. The van der Waals surface area contributed by atoms with Gasteiger partial charge < -0.3 is 5.32 Å². The average Bonchev–Trinajstić information content (AvgIpc) is 2.78. The molecule has 6 heteroatoms. The number of benzene rings is 3. The van der Waals surface area contributed by atoms with Crippen molar-refractivity contribution in [3.05, 3.63) is 95.1 Å². The monoisotopic (exact) mass is 478 g/mol. The van der Waals surface area contributed by atoms with Gasteiger partial charge in [-0.15, -0.1) is 0 Å². The maximum Gasteiger partial charge on any atom is 0.264 e. The van der Waals surface area contributed by atoms with Gasteiger partial charge in [-0.05, 0) is 62.4 Å². The highest BCUT2D eigenvalue weighted by molar-refractivity contribution is 7.92. The number of nitrogens with zero attached hydrogens (tertiary/aromatic N) is 1. The predicted octanol–water partition coefficient (Wildman–Crippen LogP) is 5.71. The zero-order chi connectivity index (χ0) is 24.9. The summed E-state index contributed by atoms with van der Waals surface area (Å²) in [4.78, 5) is 13.4. The maximum atomic E-state index is 13.7. The Balaban J connectivity index is 1.96. The Morgan fingerprint density at radius 3 is 2.09 bits per heavy atom. The standard InChI is InChI=1S/C28H34N2O3S/c1-20(2)17-26(24-9-7-6-8-10-24)29-28(31)19-30(27-16-13-22(4)18-23(27)5)34(32,33)25-14-11-21(3)12-15-25/h6-16,18,20,26H,17,19H2,1-5H3,(H,29,31)/t26-/m1/s1. The molecule has 1 N–H and O–H groups in total. The Kier molecular flexibility index (Phi) is 8.15. The Morgan fingerprint density at radius 2 is 1.50 bits per heavy atom. The number of carbonyl (C=O) groups is 1. The summed E-state index contributed by atoms with van der Waals surface area (Å²) in [7, 11) is -3.95. The third kappa shape index (κ3) is 6.26. The van der Waals surface area contributed by atoms with Gasteiger partial charge in [0.1, 0.15) is 6.54 Å². The quantitative estimate of drug-likeness (QED) is 0.428. The summed E-state index contributed by atoms with van der Waals surface area (Å²) < 4.78 is 28.6. The number of aryl methyl sites for hydroxylation is 3. The molecule has 0 radical (unpaired) electrons. The van der Waals surface area contributed by atoms with Crippen LogP contribution >= 0.6 is 0 Å². The van der Waals surface area contributed by atoms with Crippen molar-refractivity contribution in [2.24, 2.45) is 5.92 Å². The molecule has 0 aliphatic carbocycles. The third-order valence-electron chi connectivity index (χ3n) is 5.76. The summed E-state index contributed by atoms with van der Waals surface area (Å²) >= 11 is 0. The molecule has 0 aliphatic rings. The van der Waals surface area contributed by atoms with E-state index in [0.717, 1.165) is 28.7 Å². The fourth-order valence-corrected chi connectivity index (χ4v) is 5.51. The maximum absolute atomic E-state index is 13.7. The normalized spacial score (nSPS) is 12.4. The Bertz CT molecular complexity index is 1220. The van der Waals surface area contributed by atoms with Crippen LogP contribution in [0.1, 0.15) is 48.6 Å². The van der Waals surface area contributed by atoms with E-state index in [1.54, 1.807) is 30.3 Å². The zero-order valence-corrected chi connectivity index (χ0v) is 21.4. The molecule has 3 aromatic rings. The van der Waals surface area contributed by atoms with Crippen molar-refractivity contribution in [3.8, 4) is 0 Å². The highest BCUT2D eigenvalue weighted by Crippen LogP contribution is 2.28. The van der Waals surface area contributed by atoms with Gasteiger partial charge in [-0.2, -0.15) is 0 Å². The van der Waals surface area contributed by atoms with Gasteiger partial charge >= 0.3 is 0 Å². The van der Waals surface area contributed by atoms with Crippen molar-refractivity contribution >= 4 is 21.6 Å². The van der Waals surface area contributed by atoms with Crippen molar-refractivity contribution in [2.45, 2.75) is 52.0 Å². The van der Waals surface area contributed by atoms with Gasteiger partial charge in [0.25, 0.3) is 10.0 Å². The number of anilines is 1. The molecule has 0 saturated heterocycles. The molecule has 180 valence electrons. The molecular formula is C28H34N2O3S. The lowest BCUT2D eigenvalue weighted by Gasteiger charge is -2.28. The van der Waals surface area contributed by atoms with Crippen molar-refractivity contribution in [1.29, 1.82) is 0 Å². The molecule has 0 spiro atoms. The fraction of sp³-hybridized carbons (Fsp3) is 0.321. The molecule has 3 aromatic carbocycles. The van der Waals surface area contributed by atoms with Crippen LogP contribution in [0, 0.1) is 26.7 Å². The minimum Gasteiger partial charge on any atom is -0.348 e. The number of hydrogen-bond acceptors (Lipinski definition) is 3. The van der Waals surface area contributed by atoms with Gasteiger partial charge in [0.2, 0.25) is 5.91 Å². The third-order valence-corrected chi connectivity index (χ3v) is 7.54. The number of hydrogen-bond donors (Lipinski definition) is 1. The van der Waals surface area contributed by atoms with Gasteiger partial charge in [-0.25, -0.2) is 8.42 Å². The van der Waals surface area contributed by atoms with E-state index >= 15 is 0 Å². The first-order valence-electron chi connectivity index (χ1n) is 11.6. The van der Waals surface area contributed by atoms with Crippen molar-refractivity contribution in [2.75, 3.05) is 10.8 Å². The summed E-state index contributed by atoms with van der Waals surface area (Å²) in [5.41, 5.74) is 4.30. The van der Waals surface area contributed by atoms with Crippen LogP contribution in [0.15, 0.2) is 77.7 Å². The Hall–Kier alpha value is -3.12. The first-order chi connectivity index (χ1) is 16.1. The van der Waals surface area contributed by atoms with Crippen LogP contribution in [0.4, 0.5) is 5.69 Å². The molecule has 0 fully saturated rings. The molecule has 0 heterocycles. The summed E-state index contributed by atoms with van der Waals surface area (Å²) in [5.74, 6) is 0.0161. The van der Waals surface area contributed by atoms with Crippen LogP contribution < -0.4 is 9.62 Å². The van der Waals surface area contributed by atoms with Gasteiger partial charge in [-0.1, -0.05) is 79.6 Å². The molecule has 0 saturated carbocycles. The van der Waals surface area contributed by atoms with E-state index in [-0.39, 0.29) is 23.4 Å². The second-order valence-corrected chi connectivity index (χ2v) is 11.1. The number of carbonyl (C=O) groups excluding carboxylic acids is 1. The lowest BCUT2D eigenvalue weighted by molar-refractivity contribution is -0.120. The van der Waals surface area contributed by atoms with E-state index in [9.17, 15) is 13.2 Å². The molecule has 3 rings (SSSR count). The van der Waals surface area contributed by atoms with Gasteiger partial charge in [0.05, 0.1) is 16.6 Å². The largest absolute Gasteiger partial charge is 0.348 e. The smallest absolute Gasteiger partial charge is 0.264 e. The average molecular weight is 479 g/mol. The van der Waals surface area contributed by atoms with Crippen LogP contribution in [-0.4, -0.2) is 20.9 Å². The zero-order valence-electron chi connectivity index (χ0n) is 20.6. The van der Waals surface area contributed by atoms with Crippen LogP contribution in [0.2, 0.25) is 0 Å². The lowest BCUT2D eigenvalue weighted by atomic mass is 9.97. The minimum absolute atomic E-state index is 0.160. The molecule has 1 amide bonds.